The topological polar surface area (TPSA) is 57.0 Å². The summed E-state index contributed by atoms with van der Waals surface area (Å²) >= 11 is 0. The molecule has 1 fully saturated rings. The van der Waals surface area contributed by atoms with Gasteiger partial charge in [0.15, 0.2) is 0 Å². The van der Waals surface area contributed by atoms with E-state index in [0.29, 0.717) is 0 Å². The van der Waals surface area contributed by atoms with E-state index in [1.54, 1.807) is 0 Å². The fraction of sp³-hybridized carbons (Fsp3) is 0.600. The van der Waals surface area contributed by atoms with Crippen LogP contribution in [0.2, 0.25) is 0 Å². The van der Waals surface area contributed by atoms with Crippen LogP contribution in [0.1, 0.15) is 12.8 Å². The second-order valence-electron chi connectivity index (χ2n) is 3.85. The Labute approximate surface area is 93.0 Å². The minimum absolute atomic E-state index is 0. The molecule has 3 aliphatic rings. The summed E-state index contributed by atoms with van der Waals surface area (Å²) in [7, 11) is 0. The third-order valence-corrected chi connectivity index (χ3v) is 3.46. The van der Waals surface area contributed by atoms with Crippen molar-refractivity contribution in [2.75, 3.05) is 0 Å². The summed E-state index contributed by atoms with van der Waals surface area (Å²) in [4.78, 5) is 0. The molecular formula is C10H12O2Pt. The van der Waals surface area contributed by atoms with Crippen LogP contribution in [0.4, 0.5) is 0 Å². The van der Waals surface area contributed by atoms with Crippen molar-refractivity contribution in [1.82, 2.24) is 0 Å². The van der Waals surface area contributed by atoms with Crippen molar-refractivity contribution < 1.29 is 32.0 Å². The quantitative estimate of drug-likeness (QED) is 0.595. The normalized spacial score (nSPS) is 41.8. The largest absolute Gasteiger partial charge is 4.00 e. The Morgan fingerprint density at radius 2 is 1.62 bits per heavy atom. The maximum Gasteiger partial charge on any atom is 4.00 e. The second-order valence-corrected chi connectivity index (χ2v) is 3.85. The Balaban J connectivity index is 0.000000480. The first-order valence-corrected chi connectivity index (χ1v) is 4.30. The zero-order valence-electron chi connectivity index (χ0n) is 7.17. The molecule has 0 saturated heterocycles. The molecule has 0 heterocycles. The summed E-state index contributed by atoms with van der Waals surface area (Å²) in [5.41, 5.74) is 0. The fourth-order valence-electron chi connectivity index (χ4n) is 2.97. The average molecular weight is 359 g/mol. The molecule has 3 heteroatoms. The molecule has 3 aliphatic carbocycles. The van der Waals surface area contributed by atoms with Gasteiger partial charge < -0.3 is 11.0 Å². The van der Waals surface area contributed by atoms with E-state index < -0.39 is 0 Å². The summed E-state index contributed by atoms with van der Waals surface area (Å²) in [6.45, 7) is 0. The van der Waals surface area contributed by atoms with Gasteiger partial charge in [0.2, 0.25) is 0 Å². The van der Waals surface area contributed by atoms with Crippen LogP contribution < -0.4 is 0 Å². The molecule has 3 rings (SSSR count). The first kappa shape index (κ1) is 13.1. The zero-order valence-corrected chi connectivity index (χ0v) is 9.44. The van der Waals surface area contributed by atoms with Gasteiger partial charge in [-0.3, -0.25) is 0 Å². The molecule has 0 N–H and O–H groups in total. The molecule has 2 bridgehead atoms. The minimum Gasteiger partial charge on any atom is -2.00 e. The minimum atomic E-state index is 0. The van der Waals surface area contributed by atoms with Crippen LogP contribution in [-0.4, -0.2) is 0 Å². The van der Waals surface area contributed by atoms with Gasteiger partial charge in [-0.05, 0) is 36.5 Å². The molecule has 0 aliphatic heterocycles. The Morgan fingerprint density at radius 3 is 2.31 bits per heavy atom. The number of hydrogen-bond acceptors (Lipinski definition) is 0. The van der Waals surface area contributed by atoms with Crippen LogP contribution in [0.5, 0.6) is 0 Å². The van der Waals surface area contributed by atoms with Gasteiger partial charge in [0.1, 0.15) is 0 Å². The first-order chi connectivity index (χ1) is 4.95. The summed E-state index contributed by atoms with van der Waals surface area (Å²) in [6.07, 6.45) is 12.5. The predicted molar refractivity (Wildman–Crippen MR) is 42.8 cm³/mol. The van der Waals surface area contributed by atoms with E-state index in [1.165, 1.54) is 12.8 Å². The van der Waals surface area contributed by atoms with E-state index in [9.17, 15) is 0 Å². The van der Waals surface area contributed by atoms with E-state index in [2.05, 4.69) is 24.3 Å². The molecule has 4 atom stereocenters. The van der Waals surface area contributed by atoms with Crippen LogP contribution in [0.3, 0.4) is 0 Å². The number of allylic oxidation sites excluding steroid dienone is 4. The number of rotatable bonds is 0. The second kappa shape index (κ2) is 4.54. The summed E-state index contributed by atoms with van der Waals surface area (Å²) in [5, 5.41) is 0. The molecule has 0 amide bonds. The van der Waals surface area contributed by atoms with Gasteiger partial charge in [-0.2, -0.15) is 0 Å². The van der Waals surface area contributed by atoms with Gasteiger partial charge in [-0.1, -0.05) is 24.3 Å². The van der Waals surface area contributed by atoms with Crippen molar-refractivity contribution in [3.05, 3.63) is 24.3 Å². The van der Waals surface area contributed by atoms with Gasteiger partial charge in [-0.15, -0.1) is 0 Å². The van der Waals surface area contributed by atoms with Gasteiger partial charge >= 0.3 is 21.1 Å². The maximum absolute atomic E-state index is 2.44. The van der Waals surface area contributed by atoms with Gasteiger partial charge in [0.05, 0.1) is 0 Å². The first-order valence-electron chi connectivity index (χ1n) is 4.30. The molecule has 4 unspecified atom stereocenters. The summed E-state index contributed by atoms with van der Waals surface area (Å²) in [5.74, 6) is 3.82. The summed E-state index contributed by atoms with van der Waals surface area (Å²) in [6, 6.07) is 0. The van der Waals surface area contributed by atoms with Crippen LogP contribution in [0, 0.1) is 23.7 Å². The molecule has 0 aromatic rings. The SMILES string of the molecule is C1=CC2C3C=CC(C3)C2C1.[O-2].[O-2].[Pt+4]. The molecule has 0 aromatic carbocycles. The van der Waals surface area contributed by atoms with Crippen molar-refractivity contribution in [1.29, 1.82) is 0 Å². The molecular weight excluding hydrogens is 347 g/mol. The third kappa shape index (κ3) is 1.68. The molecule has 0 aromatic heterocycles. The van der Waals surface area contributed by atoms with Crippen molar-refractivity contribution in [3.63, 3.8) is 0 Å². The Bertz CT molecular complexity index is 225. The smallest absolute Gasteiger partial charge is 2.00 e. The zero-order chi connectivity index (χ0) is 6.55. The fourth-order valence-corrected chi connectivity index (χ4v) is 2.97. The molecule has 0 spiro atoms. The monoisotopic (exact) mass is 359 g/mol. The molecule has 1 saturated carbocycles. The van der Waals surface area contributed by atoms with E-state index in [4.69, 9.17) is 0 Å². The number of hydrogen-bond donors (Lipinski definition) is 0. The van der Waals surface area contributed by atoms with E-state index in [1.807, 2.05) is 0 Å². The number of fused-ring (bicyclic) bond motifs is 5. The molecule has 13 heavy (non-hydrogen) atoms. The van der Waals surface area contributed by atoms with E-state index >= 15 is 0 Å². The van der Waals surface area contributed by atoms with Crippen molar-refractivity contribution in [2.24, 2.45) is 23.7 Å². The van der Waals surface area contributed by atoms with Crippen molar-refractivity contribution >= 4 is 0 Å². The van der Waals surface area contributed by atoms with Crippen LogP contribution in [-0.2, 0) is 32.0 Å². The predicted octanol–water partition coefficient (Wildman–Crippen LogP) is 2.14. The van der Waals surface area contributed by atoms with E-state index in [-0.39, 0.29) is 32.0 Å². The third-order valence-electron chi connectivity index (χ3n) is 3.46. The molecule has 74 valence electrons. The van der Waals surface area contributed by atoms with Crippen molar-refractivity contribution in [3.8, 4) is 0 Å². The Hall–Kier alpha value is 0.0883. The average Bonchev–Trinajstić information content (AvgIpc) is 2.60. The summed E-state index contributed by atoms with van der Waals surface area (Å²) < 4.78 is 0. The maximum atomic E-state index is 2.44. The van der Waals surface area contributed by atoms with Gasteiger partial charge in [0, 0.05) is 0 Å². The molecule has 0 radical (unpaired) electrons. The van der Waals surface area contributed by atoms with Crippen LogP contribution in [0.25, 0.3) is 0 Å². The van der Waals surface area contributed by atoms with Crippen molar-refractivity contribution in [2.45, 2.75) is 12.8 Å². The van der Waals surface area contributed by atoms with Crippen LogP contribution >= 0.6 is 0 Å². The van der Waals surface area contributed by atoms with Gasteiger partial charge in [0.25, 0.3) is 0 Å². The van der Waals surface area contributed by atoms with Crippen LogP contribution in [0.15, 0.2) is 24.3 Å². The van der Waals surface area contributed by atoms with E-state index in [0.717, 1.165) is 23.7 Å². The standard InChI is InChI=1S/C10H12.2O.Pt/c1-2-9-7-4-5-8(6-7)10(9)3-1;;;/h1-2,4-5,7-10H,3,6H2;;;/q;2*-2;+4. The van der Waals surface area contributed by atoms with Gasteiger partial charge in [-0.25, -0.2) is 0 Å². The Morgan fingerprint density at radius 1 is 0.923 bits per heavy atom. The molecule has 2 nitrogen and oxygen atoms in total. The Kier molecular flexibility index (Phi) is 4.57.